The molecule has 0 amide bonds. The number of methoxy groups -OCH3 is 1. The first-order valence-corrected chi connectivity index (χ1v) is 11.7. The predicted molar refractivity (Wildman–Crippen MR) is 107 cm³/mol. The van der Waals surface area contributed by atoms with Gasteiger partial charge in [-0.05, 0) is 26.2 Å². The molecule has 0 bridgehead atoms. The molecule has 1 fully saturated rings. The zero-order chi connectivity index (χ0) is 20.1. The quantitative estimate of drug-likeness (QED) is 0.467. The van der Waals surface area contributed by atoms with Crippen LogP contribution in [0.5, 0.6) is 0 Å². The molecule has 2 atom stereocenters. The summed E-state index contributed by atoms with van der Waals surface area (Å²) in [6, 6.07) is 0.132. The molecule has 158 valence electrons. The maximum atomic E-state index is 11.9. The number of sulfonamides is 1. The minimum atomic E-state index is -3.18. The van der Waals surface area contributed by atoms with Crippen LogP contribution in [0.25, 0.3) is 0 Å². The van der Waals surface area contributed by atoms with Crippen LogP contribution in [0.15, 0.2) is 4.99 Å². The first-order valence-electron chi connectivity index (χ1n) is 9.84. The summed E-state index contributed by atoms with van der Waals surface area (Å²) in [6.07, 6.45) is 4.80. The van der Waals surface area contributed by atoms with Crippen molar-refractivity contribution in [3.05, 3.63) is 11.6 Å². The average molecular weight is 414 g/mol. The maximum absolute atomic E-state index is 11.9. The van der Waals surface area contributed by atoms with Crippen LogP contribution in [-0.2, 0) is 34.3 Å². The van der Waals surface area contributed by atoms with E-state index in [4.69, 9.17) is 4.74 Å². The first-order chi connectivity index (χ1) is 13.4. The number of nitrogens with one attached hydrogen (secondary N) is 2. The topological polar surface area (TPSA) is 114 Å². The molecule has 10 nitrogen and oxygen atoms in total. The van der Waals surface area contributed by atoms with Gasteiger partial charge < -0.3 is 15.4 Å². The average Bonchev–Trinajstić information content (AvgIpc) is 3.25. The third-order valence-electron chi connectivity index (χ3n) is 5.07. The summed E-state index contributed by atoms with van der Waals surface area (Å²) in [5.41, 5.74) is 0. The van der Waals surface area contributed by atoms with Crippen LogP contribution in [0.4, 0.5) is 0 Å². The molecule has 1 aromatic rings. The molecule has 0 aliphatic carbocycles. The summed E-state index contributed by atoms with van der Waals surface area (Å²) in [5.74, 6) is 2.41. The molecule has 28 heavy (non-hydrogen) atoms. The summed E-state index contributed by atoms with van der Waals surface area (Å²) >= 11 is 0. The van der Waals surface area contributed by atoms with Gasteiger partial charge in [-0.2, -0.15) is 9.40 Å². The summed E-state index contributed by atoms with van der Waals surface area (Å²) in [6.45, 7) is 4.94. The van der Waals surface area contributed by atoms with Crippen molar-refractivity contribution < 1.29 is 13.2 Å². The Labute approximate surface area is 166 Å². The molecule has 0 saturated carbocycles. The number of hydrogen-bond acceptors (Lipinski definition) is 6. The lowest BCUT2D eigenvalue weighted by Crippen LogP contribution is -2.47. The lowest BCUT2D eigenvalue weighted by Gasteiger charge is -2.26. The summed E-state index contributed by atoms with van der Waals surface area (Å²) in [4.78, 5) is 9.17. The van der Waals surface area contributed by atoms with E-state index < -0.39 is 10.0 Å². The fraction of sp³-hybridized carbons (Fsp3) is 0.824. The number of aliphatic imine (C=N–C) groups is 1. The van der Waals surface area contributed by atoms with Crippen molar-refractivity contribution in [1.29, 1.82) is 0 Å². The van der Waals surface area contributed by atoms with E-state index in [-0.39, 0.29) is 12.1 Å². The van der Waals surface area contributed by atoms with Crippen LogP contribution in [0.1, 0.15) is 37.8 Å². The number of ether oxygens (including phenoxy) is 1. The maximum Gasteiger partial charge on any atom is 0.211 e. The Kier molecular flexibility index (Phi) is 6.89. The second-order valence-electron chi connectivity index (χ2n) is 7.33. The highest BCUT2D eigenvalue weighted by Gasteiger charge is 2.31. The number of fused-ring (bicyclic) bond motifs is 1. The zero-order valence-corrected chi connectivity index (χ0v) is 17.7. The normalized spacial score (nSPS) is 23.6. The van der Waals surface area contributed by atoms with Gasteiger partial charge in [-0.15, -0.1) is 0 Å². The molecule has 3 rings (SSSR count). The Morgan fingerprint density at radius 1 is 1.39 bits per heavy atom. The number of aryl methyl sites for hydroxylation is 1. The minimum absolute atomic E-state index is 0.0599. The van der Waals surface area contributed by atoms with Gasteiger partial charge in [0.25, 0.3) is 0 Å². The van der Waals surface area contributed by atoms with Gasteiger partial charge in [0.2, 0.25) is 10.0 Å². The molecular formula is C17H31N7O3S. The third kappa shape index (κ3) is 5.21. The van der Waals surface area contributed by atoms with E-state index in [9.17, 15) is 8.42 Å². The van der Waals surface area contributed by atoms with Crippen molar-refractivity contribution in [3.8, 4) is 0 Å². The minimum Gasteiger partial charge on any atom is -0.377 e. The second-order valence-corrected chi connectivity index (χ2v) is 9.26. The molecule has 0 radical (unpaired) electrons. The van der Waals surface area contributed by atoms with Crippen molar-refractivity contribution in [2.45, 2.75) is 57.8 Å². The SMILES string of the molecule is CCNC(=NC[C@H]1CCCN1S(C)(=O)=O)NC1CCc2nc(COC)nn2C1. The second kappa shape index (κ2) is 9.19. The molecule has 1 unspecified atom stereocenters. The van der Waals surface area contributed by atoms with Crippen LogP contribution in [0.2, 0.25) is 0 Å². The summed E-state index contributed by atoms with van der Waals surface area (Å²) in [7, 11) is -1.54. The highest BCUT2D eigenvalue weighted by Crippen LogP contribution is 2.20. The zero-order valence-electron chi connectivity index (χ0n) is 16.9. The monoisotopic (exact) mass is 413 g/mol. The van der Waals surface area contributed by atoms with Gasteiger partial charge in [-0.1, -0.05) is 0 Å². The Morgan fingerprint density at radius 2 is 2.21 bits per heavy atom. The van der Waals surface area contributed by atoms with Gasteiger partial charge in [0.15, 0.2) is 11.8 Å². The molecule has 2 aliphatic rings. The standard InChI is InChI=1S/C17H31N7O3S/c1-4-18-17(19-10-14-6-5-9-24(14)28(3,25)26)20-13-7-8-16-21-15(12-27-2)22-23(16)11-13/h13-14H,4-12H2,1-3H3,(H2,18,19,20)/t13?,14-/m1/s1. The molecule has 1 saturated heterocycles. The van der Waals surface area contributed by atoms with Crippen LogP contribution in [0.3, 0.4) is 0 Å². The molecular weight excluding hydrogens is 382 g/mol. The van der Waals surface area contributed by atoms with Gasteiger partial charge >= 0.3 is 0 Å². The van der Waals surface area contributed by atoms with E-state index in [0.29, 0.717) is 31.5 Å². The van der Waals surface area contributed by atoms with E-state index in [2.05, 4.69) is 25.7 Å². The van der Waals surface area contributed by atoms with Crippen LogP contribution in [-0.4, -0.2) is 78.5 Å². The highest BCUT2D eigenvalue weighted by atomic mass is 32.2. The fourth-order valence-corrected chi connectivity index (χ4v) is 4.98. The number of nitrogens with zero attached hydrogens (tertiary/aromatic N) is 5. The largest absolute Gasteiger partial charge is 0.377 e. The van der Waals surface area contributed by atoms with E-state index in [1.807, 2.05) is 11.6 Å². The lowest BCUT2D eigenvalue weighted by atomic mass is 10.1. The Balaban J connectivity index is 1.62. The van der Waals surface area contributed by atoms with Gasteiger partial charge in [-0.3, -0.25) is 4.99 Å². The third-order valence-corrected chi connectivity index (χ3v) is 6.40. The lowest BCUT2D eigenvalue weighted by molar-refractivity contribution is 0.177. The van der Waals surface area contributed by atoms with Gasteiger partial charge in [0.1, 0.15) is 12.4 Å². The number of guanidine groups is 1. The predicted octanol–water partition coefficient (Wildman–Crippen LogP) is -0.282. The molecule has 1 aromatic heterocycles. The number of aromatic nitrogens is 3. The van der Waals surface area contributed by atoms with E-state index in [0.717, 1.165) is 44.6 Å². The van der Waals surface area contributed by atoms with Crippen LogP contribution >= 0.6 is 0 Å². The molecule has 11 heteroatoms. The van der Waals surface area contributed by atoms with E-state index >= 15 is 0 Å². The van der Waals surface area contributed by atoms with E-state index in [1.54, 1.807) is 11.4 Å². The molecule has 2 N–H and O–H groups in total. The number of rotatable bonds is 7. The Bertz CT molecular complexity index is 793. The van der Waals surface area contributed by atoms with Gasteiger partial charge in [0, 0.05) is 38.7 Å². The Morgan fingerprint density at radius 3 is 2.93 bits per heavy atom. The van der Waals surface area contributed by atoms with Crippen LogP contribution < -0.4 is 10.6 Å². The molecule has 3 heterocycles. The molecule has 2 aliphatic heterocycles. The van der Waals surface area contributed by atoms with Crippen molar-refractivity contribution >= 4 is 16.0 Å². The highest BCUT2D eigenvalue weighted by molar-refractivity contribution is 7.88. The van der Waals surface area contributed by atoms with Gasteiger partial charge in [-0.25, -0.2) is 18.1 Å². The van der Waals surface area contributed by atoms with Crippen molar-refractivity contribution in [3.63, 3.8) is 0 Å². The van der Waals surface area contributed by atoms with Crippen LogP contribution in [0, 0.1) is 0 Å². The van der Waals surface area contributed by atoms with Gasteiger partial charge in [0.05, 0.1) is 19.3 Å². The fourth-order valence-electron chi connectivity index (χ4n) is 3.81. The molecule has 0 spiro atoms. The van der Waals surface area contributed by atoms with Crippen molar-refractivity contribution in [2.24, 2.45) is 4.99 Å². The first kappa shape index (κ1) is 21.0. The van der Waals surface area contributed by atoms with Crippen molar-refractivity contribution in [2.75, 3.05) is 33.0 Å². The van der Waals surface area contributed by atoms with Crippen molar-refractivity contribution in [1.82, 2.24) is 29.7 Å². The summed E-state index contributed by atoms with van der Waals surface area (Å²) in [5, 5.41) is 11.2. The Hall–Kier alpha value is -1.72. The molecule has 0 aromatic carbocycles. The smallest absolute Gasteiger partial charge is 0.211 e. The number of hydrogen-bond donors (Lipinski definition) is 2. The van der Waals surface area contributed by atoms with E-state index in [1.165, 1.54) is 6.26 Å². The summed E-state index contributed by atoms with van der Waals surface area (Å²) < 4.78 is 32.4.